The average Bonchev–Trinajstić information content (AvgIpc) is 2.94. The van der Waals surface area contributed by atoms with Gasteiger partial charge in [0.1, 0.15) is 11.6 Å². The van der Waals surface area contributed by atoms with Gasteiger partial charge < -0.3 is 15.6 Å². The molecule has 2 heterocycles. The number of likely N-dealkylation sites (tertiary alicyclic amines) is 1. The van der Waals surface area contributed by atoms with Crippen LogP contribution in [0, 0.1) is 0 Å². The van der Waals surface area contributed by atoms with Crippen molar-refractivity contribution in [2.24, 2.45) is 0 Å². The Labute approximate surface area is 124 Å². The van der Waals surface area contributed by atoms with Crippen LogP contribution in [0.15, 0.2) is 24.3 Å². The lowest BCUT2D eigenvalue weighted by Gasteiger charge is -2.23. The standard InChI is InChI=1S/C16H21N3O2/c1-21-14-5-4-11-7-12(16(17)18-15(11)8-14)9-19-6-2-3-13(19)10-20/h4-5,7-8,13,20H,2-3,6,9-10H2,1H3,(H2,17,18). The smallest absolute Gasteiger partial charge is 0.128 e. The molecule has 2 aromatic rings. The second kappa shape index (κ2) is 5.87. The van der Waals surface area contributed by atoms with Crippen LogP contribution in [0.4, 0.5) is 5.82 Å². The number of nitrogens with zero attached hydrogens (tertiary/aromatic N) is 2. The maximum Gasteiger partial charge on any atom is 0.128 e. The Morgan fingerprint density at radius 3 is 3.05 bits per heavy atom. The molecule has 3 N–H and O–H groups in total. The monoisotopic (exact) mass is 287 g/mol. The Morgan fingerprint density at radius 1 is 1.43 bits per heavy atom. The molecule has 1 aromatic heterocycles. The molecule has 5 nitrogen and oxygen atoms in total. The van der Waals surface area contributed by atoms with Crippen molar-refractivity contribution >= 4 is 16.7 Å². The fourth-order valence-electron chi connectivity index (χ4n) is 2.99. The maximum absolute atomic E-state index is 9.41. The summed E-state index contributed by atoms with van der Waals surface area (Å²) in [7, 11) is 1.64. The van der Waals surface area contributed by atoms with Crippen molar-refractivity contribution in [1.29, 1.82) is 0 Å². The summed E-state index contributed by atoms with van der Waals surface area (Å²) in [6.45, 7) is 1.95. The van der Waals surface area contributed by atoms with Crippen LogP contribution in [0.2, 0.25) is 0 Å². The number of aromatic nitrogens is 1. The van der Waals surface area contributed by atoms with E-state index in [-0.39, 0.29) is 12.6 Å². The zero-order valence-electron chi connectivity index (χ0n) is 12.2. The van der Waals surface area contributed by atoms with Gasteiger partial charge in [0.05, 0.1) is 19.2 Å². The zero-order chi connectivity index (χ0) is 14.8. The van der Waals surface area contributed by atoms with Crippen molar-refractivity contribution < 1.29 is 9.84 Å². The van der Waals surface area contributed by atoms with E-state index in [4.69, 9.17) is 10.5 Å². The average molecular weight is 287 g/mol. The molecule has 3 rings (SSSR count). The normalized spacial score (nSPS) is 19.2. The number of nitrogens with two attached hydrogens (primary N) is 1. The number of hydrogen-bond donors (Lipinski definition) is 2. The first-order valence-electron chi connectivity index (χ1n) is 7.29. The van der Waals surface area contributed by atoms with E-state index in [1.54, 1.807) is 7.11 Å². The Balaban J connectivity index is 1.90. The first-order chi connectivity index (χ1) is 10.2. The number of methoxy groups -OCH3 is 1. The molecule has 1 aliphatic rings. The lowest BCUT2D eigenvalue weighted by molar-refractivity contribution is 0.154. The first kappa shape index (κ1) is 14.1. The van der Waals surface area contributed by atoms with Crippen molar-refractivity contribution in [2.75, 3.05) is 26.0 Å². The van der Waals surface area contributed by atoms with E-state index in [2.05, 4.69) is 16.0 Å². The van der Waals surface area contributed by atoms with Gasteiger partial charge in [0.25, 0.3) is 0 Å². The van der Waals surface area contributed by atoms with Gasteiger partial charge in [-0.2, -0.15) is 0 Å². The zero-order valence-corrected chi connectivity index (χ0v) is 12.2. The number of pyridine rings is 1. The van der Waals surface area contributed by atoms with E-state index in [1.807, 2.05) is 18.2 Å². The van der Waals surface area contributed by atoms with Crippen LogP contribution in [-0.4, -0.2) is 41.3 Å². The number of ether oxygens (including phenoxy) is 1. The van der Waals surface area contributed by atoms with E-state index in [1.165, 1.54) is 0 Å². The molecule has 1 fully saturated rings. The summed E-state index contributed by atoms with van der Waals surface area (Å²) in [6, 6.07) is 8.15. The highest BCUT2D eigenvalue weighted by Crippen LogP contribution is 2.26. The van der Waals surface area contributed by atoms with Gasteiger partial charge in [-0.3, -0.25) is 4.90 Å². The first-order valence-corrected chi connectivity index (χ1v) is 7.29. The number of benzene rings is 1. The summed E-state index contributed by atoms with van der Waals surface area (Å²) in [4.78, 5) is 6.77. The molecule has 0 amide bonds. The van der Waals surface area contributed by atoms with Gasteiger partial charge in [-0.25, -0.2) is 4.98 Å². The van der Waals surface area contributed by atoms with Crippen molar-refractivity contribution in [2.45, 2.75) is 25.4 Å². The minimum absolute atomic E-state index is 0.206. The lowest BCUT2D eigenvalue weighted by Crippen LogP contribution is -2.31. The molecule has 112 valence electrons. The van der Waals surface area contributed by atoms with Crippen LogP contribution in [0.1, 0.15) is 18.4 Å². The van der Waals surface area contributed by atoms with E-state index in [0.29, 0.717) is 5.82 Å². The SMILES string of the molecule is COc1ccc2cc(CN3CCCC3CO)c(N)nc2c1. The van der Waals surface area contributed by atoms with E-state index in [9.17, 15) is 5.11 Å². The molecule has 0 bridgehead atoms. The predicted molar refractivity (Wildman–Crippen MR) is 83.2 cm³/mol. The molecule has 21 heavy (non-hydrogen) atoms. The molecular weight excluding hydrogens is 266 g/mol. The molecule has 1 saturated heterocycles. The lowest BCUT2D eigenvalue weighted by atomic mass is 10.1. The largest absolute Gasteiger partial charge is 0.497 e. The number of aliphatic hydroxyl groups excluding tert-OH is 1. The topological polar surface area (TPSA) is 71.6 Å². The van der Waals surface area contributed by atoms with Gasteiger partial charge in [0, 0.05) is 29.6 Å². The van der Waals surface area contributed by atoms with Crippen LogP contribution < -0.4 is 10.5 Å². The molecule has 0 saturated carbocycles. The number of aliphatic hydroxyl groups is 1. The summed E-state index contributed by atoms with van der Waals surface area (Å²) >= 11 is 0. The number of anilines is 1. The van der Waals surface area contributed by atoms with E-state index in [0.717, 1.165) is 48.1 Å². The number of nitrogen functional groups attached to an aromatic ring is 1. The third-order valence-corrected chi connectivity index (χ3v) is 4.22. The Morgan fingerprint density at radius 2 is 2.29 bits per heavy atom. The summed E-state index contributed by atoms with van der Waals surface area (Å²) in [5.74, 6) is 1.33. The highest BCUT2D eigenvalue weighted by Gasteiger charge is 2.24. The van der Waals surface area contributed by atoms with E-state index < -0.39 is 0 Å². The summed E-state index contributed by atoms with van der Waals surface area (Å²) < 4.78 is 5.21. The molecule has 1 aromatic carbocycles. The van der Waals surface area contributed by atoms with Gasteiger partial charge in [-0.1, -0.05) is 0 Å². The van der Waals surface area contributed by atoms with Crippen molar-refractivity contribution in [3.63, 3.8) is 0 Å². The van der Waals surface area contributed by atoms with Crippen LogP contribution in [0.25, 0.3) is 10.9 Å². The van der Waals surface area contributed by atoms with Crippen LogP contribution in [-0.2, 0) is 6.54 Å². The Hall–Kier alpha value is -1.85. The molecular formula is C16H21N3O2. The Bertz CT molecular complexity index is 645. The number of fused-ring (bicyclic) bond motifs is 1. The summed E-state index contributed by atoms with van der Waals surface area (Å²) in [5.41, 5.74) is 7.97. The number of hydrogen-bond acceptors (Lipinski definition) is 5. The molecule has 1 unspecified atom stereocenters. The molecule has 0 spiro atoms. The van der Waals surface area contributed by atoms with Gasteiger partial charge in [0.15, 0.2) is 0 Å². The van der Waals surface area contributed by atoms with Crippen molar-refractivity contribution in [3.05, 3.63) is 29.8 Å². The third-order valence-electron chi connectivity index (χ3n) is 4.22. The van der Waals surface area contributed by atoms with E-state index >= 15 is 0 Å². The van der Waals surface area contributed by atoms with Crippen LogP contribution in [0.5, 0.6) is 5.75 Å². The van der Waals surface area contributed by atoms with Crippen LogP contribution in [0.3, 0.4) is 0 Å². The fourth-order valence-corrected chi connectivity index (χ4v) is 2.99. The molecule has 1 atom stereocenters. The molecule has 1 aliphatic heterocycles. The molecule has 0 aliphatic carbocycles. The second-order valence-corrected chi connectivity index (χ2v) is 5.54. The summed E-state index contributed by atoms with van der Waals surface area (Å²) in [5, 5.41) is 10.5. The third kappa shape index (κ3) is 2.80. The fraction of sp³-hybridized carbons (Fsp3) is 0.438. The van der Waals surface area contributed by atoms with Crippen molar-refractivity contribution in [3.8, 4) is 5.75 Å². The van der Waals surface area contributed by atoms with Gasteiger partial charge >= 0.3 is 0 Å². The van der Waals surface area contributed by atoms with Crippen LogP contribution >= 0.6 is 0 Å². The summed E-state index contributed by atoms with van der Waals surface area (Å²) in [6.07, 6.45) is 2.18. The minimum atomic E-state index is 0.206. The minimum Gasteiger partial charge on any atom is -0.497 e. The predicted octanol–water partition coefficient (Wildman–Crippen LogP) is 1.78. The highest BCUT2D eigenvalue weighted by atomic mass is 16.5. The number of rotatable bonds is 4. The highest BCUT2D eigenvalue weighted by molar-refractivity contribution is 5.82. The van der Waals surface area contributed by atoms with Crippen molar-refractivity contribution in [1.82, 2.24) is 9.88 Å². The van der Waals surface area contributed by atoms with Gasteiger partial charge in [-0.15, -0.1) is 0 Å². The van der Waals surface area contributed by atoms with Gasteiger partial charge in [0.2, 0.25) is 0 Å². The molecule has 5 heteroatoms. The van der Waals surface area contributed by atoms with Gasteiger partial charge in [-0.05, 0) is 37.6 Å². The molecule has 0 radical (unpaired) electrons. The maximum atomic E-state index is 9.41. The second-order valence-electron chi connectivity index (χ2n) is 5.54. The quantitative estimate of drug-likeness (QED) is 0.897. The Kier molecular flexibility index (Phi) is 3.94.